The Morgan fingerprint density at radius 1 is 1.21 bits per heavy atom. The molecule has 1 amide bonds. The van der Waals surface area contributed by atoms with Crippen molar-refractivity contribution in [1.29, 1.82) is 0 Å². The highest BCUT2D eigenvalue weighted by Gasteiger charge is 2.27. The summed E-state index contributed by atoms with van der Waals surface area (Å²) in [6.45, 7) is 5.98. The molecule has 28 heavy (non-hydrogen) atoms. The first-order valence-electron chi connectivity index (χ1n) is 9.19. The molecule has 2 heterocycles. The molecule has 1 N–H and O–H groups in total. The average molecular weight is 397 g/mol. The summed E-state index contributed by atoms with van der Waals surface area (Å²) in [5.41, 5.74) is 5.52. The second-order valence-electron chi connectivity index (χ2n) is 7.16. The van der Waals surface area contributed by atoms with Crippen LogP contribution in [0.3, 0.4) is 0 Å². The Morgan fingerprint density at radius 2 is 1.96 bits per heavy atom. The average Bonchev–Trinajstić information content (AvgIpc) is 3.22. The van der Waals surface area contributed by atoms with Gasteiger partial charge in [0.2, 0.25) is 0 Å². The highest BCUT2D eigenvalue weighted by molar-refractivity contribution is 6.30. The fourth-order valence-corrected chi connectivity index (χ4v) is 3.78. The largest absolute Gasteiger partial charge is 0.487 e. The van der Waals surface area contributed by atoms with Crippen LogP contribution in [-0.4, -0.2) is 23.7 Å². The van der Waals surface area contributed by atoms with Crippen molar-refractivity contribution in [3.8, 4) is 16.9 Å². The number of ether oxygens (including phenoxy) is 1. The minimum absolute atomic E-state index is 0.118. The molecule has 0 fully saturated rings. The van der Waals surface area contributed by atoms with E-state index in [0.717, 1.165) is 28.9 Å². The fourth-order valence-electron chi connectivity index (χ4n) is 3.65. The summed E-state index contributed by atoms with van der Waals surface area (Å²) >= 11 is 6.02. The number of nitrogens with zero attached hydrogens (tertiary/aromatic N) is 1. The second kappa shape index (κ2) is 7.32. The standard InChI is InChI=1S/C22H21ClN2O3/c1-12-8-16-10-18(11-24-22(26)20-13(2)25-28-14(20)3)27-21(16)19(9-12)15-4-6-17(23)7-5-15/h4-9,18H,10-11H2,1-3H3,(H,24,26). The van der Waals surface area contributed by atoms with E-state index < -0.39 is 0 Å². The number of benzene rings is 2. The van der Waals surface area contributed by atoms with Crippen LogP contribution in [0.25, 0.3) is 11.1 Å². The quantitative estimate of drug-likeness (QED) is 0.696. The van der Waals surface area contributed by atoms with E-state index in [1.807, 2.05) is 24.3 Å². The van der Waals surface area contributed by atoms with E-state index >= 15 is 0 Å². The van der Waals surface area contributed by atoms with Crippen LogP contribution in [0.5, 0.6) is 5.75 Å². The van der Waals surface area contributed by atoms with Gasteiger partial charge in [-0.2, -0.15) is 0 Å². The molecule has 6 heteroatoms. The van der Waals surface area contributed by atoms with Gasteiger partial charge in [-0.1, -0.05) is 35.0 Å². The van der Waals surface area contributed by atoms with Crippen molar-refractivity contribution in [3.05, 3.63) is 69.6 Å². The maximum absolute atomic E-state index is 12.5. The molecule has 0 aliphatic carbocycles. The lowest BCUT2D eigenvalue weighted by atomic mass is 9.98. The Labute approximate surface area is 168 Å². The zero-order chi connectivity index (χ0) is 19.8. The van der Waals surface area contributed by atoms with E-state index in [1.165, 1.54) is 5.56 Å². The van der Waals surface area contributed by atoms with Gasteiger partial charge in [-0.25, -0.2) is 0 Å². The number of rotatable bonds is 4. The summed E-state index contributed by atoms with van der Waals surface area (Å²) < 4.78 is 11.3. The van der Waals surface area contributed by atoms with Crippen LogP contribution in [0.15, 0.2) is 40.9 Å². The van der Waals surface area contributed by atoms with Gasteiger partial charge in [0.05, 0.1) is 12.2 Å². The van der Waals surface area contributed by atoms with Crippen molar-refractivity contribution in [1.82, 2.24) is 10.5 Å². The molecule has 0 bridgehead atoms. The molecule has 3 aromatic rings. The predicted molar refractivity (Wildman–Crippen MR) is 108 cm³/mol. The molecule has 1 atom stereocenters. The first kappa shape index (κ1) is 18.6. The predicted octanol–water partition coefficient (Wildman–Crippen LogP) is 4.65. The summed E-state index contributed by atoms with van der Waals surface area (Å²) in [4.78, 5) is 12.5. The van der Waals surface area contributed by atoms with E-state index in [2.05, 4.69) is 29.5 Å². The number of carbonyl (C=O) groups is 1. The molecule has 0 radical (unpaired) electrons. The molecule has 1 aliphatic heterocycles. The number of carbonyl (C=O) groups excluding carboxylic acids is 1. The summed E-state index contributed by atoms with van der Waals surface area (Å²) in [5, 5.41) is 7.48. The summed E-state index contributed by atoms with van der Waals surface area (Å²) in [6.07, 6.45) is 0.631. The van der Waals surface area contributed by atoms with Gasteiger partial charge in [-0.3, -0.25) is 4.79 Å². The molecule has 1 aromatic heterocycles. The van der Waals surface area contributed by atoms with Crippen molar-refractivity contribution in [2.24, 2.45) is 0 Å². The Kier molecular flexibility index (Phi) is 4.85. The number of aromatic nitrogens is 1. The molecular weight excluding hydrogens is 376 g/mol. The fraction of sp³-hybridized carbons (Fsp3) is 0.273. The van der Waals surface area contributed by atoms with Gasteiger partial charge in [-0.15, -0.1) is 0 Å². The third-order valence-electron chi connectivity index (χ3n) is 4.95. The number of amides is 1. The molecule has 1 aliphatic rings. The number of hydrogen-bond donors (Lipinski definition) is 1. The summed E-state index contributed by atoms with van der Waals surface area (Å²) in [6, 6.07) is 12.0. The number of nitrogens with one attached hydrogen (secondary N) is 1. The number of fused-ring (bicyclic) bond motifs is 1. The topological polar surface area (TPSA) is 64.4 Å². The first-order valence-corrected chi connectivity index (χ1v) is 9.57. The van der Waals surface area contributed by atoms with Crippen molar-refractivity contribution >= 4 is 17.5 Å². The third-order valence-corrected chi connectivity index (χ3v) is 5.20. The molecular formula is C22H21ClN2O3. The third kappa shape index (κ3) is 3.50. The molecule has 0 saturated heterocycles. The molecule has 2 aromatic carbocycles. The minimum Gasteiger partial charge on any atom is -0.487 e. The SMILES string of the molecule is Cc1cc2c(c(-c3ccc(Cl)cc3)c1)OC(CNC(=O)c1c(C)noc1C)C2. The molecule has 0 spiro atoms. The Hall–Kier alpha value is -2.79. The molecule has 4 rings (SSSR count). The van der Waals surface area contributed by atoms with Crippen molar-refractivity contribution in [3.63, 3.8) is 0 Å². The summed E-state index contributed by atoms with van der Waals surface area (Å²) in [5.74, 6) is 1.21. The van der Waals surface area contributed by atoms with E-state index in [4.69, 9.17) is 20.9 Å². The van der Waals surface area contributed by atoms with Crippen molar-refractivity contribution in [2.45, 2.75) is 33.3 Å². The van der Waals surface area contributed by atoms with Crippen LogP contribution >= 0.6 is 11.6 Å². The Balaban J connectivity index is 1.51. The van der Waals surface area contributed by atoms with E-state index in [-0.39, 0.29) is 12.0 Å². The molecule has 0 saturated carbocycles. The molecule has 5 nitrogen and oxygen atoms in total. The maximum Gasteiger partial charge on any atom is 0.256 e. The smallest absolute Gasteiger partial charge is 0.256 e. The van der Waals surface area contributed by atoms with Gasteiger partial charge in [0.15, 0.2) is 0 Å². The lowest BCUT2D eigenvalue weighted by molar-refractivity contribution is 0.0931. The number of hydrogen-bond acceptors (Lipinski definition) is 4. The van der Waals surface area contributed by atoms with Crippen LogP contribution in [0.4, 0.5) is 0 Å². The zero-order valence-corrected chi connectivity index (χ0v) is 16.8. The first-order chi connectivity index (χ1) is 13.4. The monoisotopic (exact) mass is 396 g/mol. The van der Waals surface area contributed by atoms with Gasteiger partial charge in [0.25, 0.3) is 5.91 Å². The minimum atomic E-state index is -0.190. The van der Waals surface area contributed by atoms with Gasteiger partial charge >= 0.3 is 0 Å². The van der Waals surface area contributed by atoms with Gasteiger partial charge < -0.3 is 14.6 Å². The second-order valence-corrected chi connectivity index (χ2v) is 7.60. The van der Waals surface area contributed by atoms with Crippen LogP contribution in [0.2, 0.25) is 5.02 Å². The molecule has 144 valence electrons. The van der Waals surface area contributed by atoms with E-state index in [9.17, 15) is 4.79 Å². The lowest BCUT2D eigenvalue weighted by Gasteiger charge is -2.14. The van der Waals surface area contributed by atoms with Crippen LogP contribution in [0.1, 0.15) is 32.9 Å². The number of halogens is 1. The maximum atomic E-state index is 12.5. The van der Waals surface area contributed by atoms with Crippen LogP contribution in [0, 0.1) is 20.8 Å². The van der Waals surface area contributed by atoms with Crippen molar-refractivity contribution < 1.29 is 14.1 Å². The molecule has 1 unspecified atom stereocenters. The summed E-state index contributed by atoms with van der Waals surface area (Å²) in [7, 11) is 0. The van der Waals surface area contributed by atoms with Gasteiger partial charge in [0, 0.05) is 17.0 Å². The normalized spacial score (nSPS) is 15.2. The van der Waals surface area contributed by atoms with Gasteiger partial charge in [-0.05, 0) is 55.7 Å². The van der Waals surface area contributed by atoms with E-state index in [1.54, 1.807) is 13.8 Å². The van der Waals surface area contributed by atoms with Gasteiger partial charge in [0.1, 0.15) is 23.2 Å². The van der Waals surface area contributed by atoms with Crippen LogP contribution < -0.4 is 10.1 Å². The number of aryl methyl sites for hydroxylation is 3. The Bertz CT molecular complexity index is 1020. The van der Waals surface area contributed by atoms with E-state index in [0.29, 0.717) is 28.6 Å². The highest BCUT2D eigenvalue weighted by atomic mass is 35.5. The van der Waals surface area contributed by atoms with Crippen LogP contribution in [-0.2, 0) is 6.42 Å². The Morgan fingerprint density at radius 3 is 2.64 bits per heavy atom. The highest BCUT2D eigenvalue weighted by Crippen LogP contribution is 2.40. The van der Waals surface area contributed by atoms with Crippen molar-refractivity contribution in [2.75, 3.05) is 6.54 Å². The zero-order valence-electron chi connectivity index (χ0n) is 16.0. The lowest BCUT2D eigenvalue weighted by Crippen LogP contribution is -2.34.